The molecular formula is C15H21N3O2. The van der Waals surface area contributed by atoms with E-state index in [4.69, 9.17) is 10.5 Å². The number of hydrogen-bond donors (Lipinski definition) is 1. The number of benzene rings is 1. The lowest BCUT2D eigenvalue weighted by Gasteiger charge is -2.34. The third-order valence-electron chi connectivity index (χ3n) is 4.11. The first-order valence-corrected chi connectivity index (χ1v) is 7.19. The van der Waals surface area contributed by atoms with Crippen molar-refractivity contribution in [3.05, 3.63) is 29.3 Å². The van der Waals surface area contributed by atoms with Gasteiger partial charge in [0.2, 0.25) is 0 Å². The first-order chi connectivity index (χ1) is 9.67. The summed E-state index contributed by atoms with van der Waals surface area (Å²) in [5, 5.41) is 0. The fourth-order valence-corrected chi connectivity index (χ4v) is 2.95. The molecule has 1 aromatic rings. The largest absolute Gasteiger partial charge is 0.399 e. The van der Waals surface area contributed by atoms with Crippen LogP contribution in [0.25, 0.3) is 0 Å². The number of carbonyl (C=O) groups is 1. The lowest BCUT2D eigenvalue weighted by molar-refractivity contribution is -0.0388. The maximum Gasteiger partial charge on any atom is 0.254 e. The van der Waals surface area contributed by atoms with Crippen LogP contribution in [0.3, 0.4) is 0 Å². The van der Waals surface area contributed by atoms with E-state index in [-0.39, 0.29) is 12.0 Å². The summed E-state index contributed by atoms with van der Waals surface area (Å²) in [5.41, 5.74) is 8.21. The monoisotopic (exact) mass is 275 g/mol. The molecule has 3 rings (SSSR count). The average Bonchev–Trinajstić information content (AvgIpc) is 2.76. The Kier molecular flexibility index (Phi) is 3.63. The van der Waals surface area contributed by atoms with Crippen LogP contribution in [0, 0.1) is 0 Å². The van der Waals surface area contributed by atoms with Crippen LogP contribution in [0.15, 0.2) is 18.2 Å². The Balaban J connectivity index is 1.67. The van der Waals surface area contributed by atoms with Gasteiger partial charge in [0.05, 0.1) is 12.7 Å². The number of nitrogen functional groups attached to an aromatic ring is 1. The van der Waals surface area contributed by atoms with E-state index in [1.165, 1.54) is 0 Å². The summed E-state index contributed by atoms with van der Waals surface area (Å²) in [7, 11) is 0. The highest BCUT2D eigenvalue weighted by Crippen LogP contribution is 2.25. The number of amides is 1. The van der Waals surface area contributed by atoms with Crippen molar-refractivity contribution in [1.29, 1.82) is 0 Å². The number of nitrogens with zero attached hydrogens (tertiary/aromatic N) is 2. The molecule has 1 saturated heterocycles. The molecular weight excluding hydrogens is 254 g/mol. The van der Waals surface area contributed by atoms with Crippen LogP contribution in [0.5, 0.6) is 0 Å². The van der Waals surface area contributed by atoms with Gasteiger partial charge in [0.15, 0.2) is 0 Å². The molecule has 1 fully saturated rings. The number of carbonyl (C=O) groups excluding carboxylic acids is 1. The average molecular weight is 275 g/mol. The van der Waals surface area contributed by atoms with Gasteiger partial charge in [-0.3, -0.25) is 9.69 Å². The number of ether oxygens (including phenoxy) is 1. The molecule has 108 valence electrons. The van der Waals surface area contributed by atoms with Crippen LogP contribution >= 0.6 is 0 Å². The Hall–Kier alpha value is -1.59. The van der Waals surface area contributed by atoms with Crippen LogP contribution < -0.4 is 5.73 Å². The van der Waals surface area contributed by atoms with Crippen molar-refractivity contribution >= 4 is 11.6 Å². The van der Waals surface area contributed by atoms with Gasteiger partial charge in [0, 0.05) is 37.4 Å². The van der Waals surface area contributed by atoms with Crippen molar-refractivity contribution in [3.63, 3.8) is 0 Å². The number of likely N-dealkylation sites (N-methyl/N-ethyl adjacent to an activating group) is 1. The lowest BCUT2D eigenvalue weighted by atomic mass is 10.1. The first kappa shape index (κ1) is 13.4. The summed E-state index contributed by atoms with van der Waals surface area (Å²) in [4.78, 5) is 16.6. The van der Waals surface area contributed by atoms with E-state index in [2.05, 4.69) is 11.8 Å². The zero-order valence-corrected chi connectivity index (χ0v) is 11.8. The van der Waals surface area contributed by atoms with Gasteiger partial charge in [-0.1, -0.05) is 13.0 Å². The van der Waals surface area contributed by atoms with Crippen LogP contribution in [0.4, 0.5) is 5.69 Å². The third-order valence-corrected chi connectivity index (χ3v) is 4.11. The highest BCUT2D eigenvalue weighted by molar-refractivity contribution is 5.99. The number of fused-ring (bicyclic) bond motifs is 1. The Labute approximate surface area is 119 Å². The van der Waals surface area contributed by atoms with Gasteiger partial charge in [-0.15, -0.1) is 0 Å². The second-order valence-corrected chi connectivity index (χ2v) is 5.49. The van der Waals surface area contributed by atoms with E-state index in [1.54, 1.807) is 6.07 Å². The molecule has 0 bridgehead atoms. The SMILES string of the molecule is CCN1CCOC(CN2Cc3ccc(N)cc3C2=O)C1. The predicted molar refractivity (Wildman–Crippen MR) is 77.4 cm³/mol. The Morgan fingerprint density at radius 3 is 3.10 bits per heavy atom. The molecule has 2 aliphatic rings. The van der Waals surface area contributed by atoms with Crippen molar-refractivity contribution in [3.8, 4) is 0 Å². The van der Waals surface area contributed by atoms with E-state index in [0.29, 0.717) is 18.8 Å². The molecule has 2 heterocycles. The highest BCUT2D eigenvalue weighted by atomic mass is 16.5. The van der Waals surface area contributed by atoms with Crippen LogP contribution in [0.1, 0.15) is 22.8 Å². The van der Waals surface area contributed by atoms with Crippen LogP contribution in [-0.2, 0) is 11.3 Å². The maximum absolute atomic E-state index is 12.4. The van der Waals surface area contributed by atoms with Crippen LogP contribution in [0.2, 0.25) is 0 Å². The van der Waals surface area contributed by atoms with Crippen molar-refractivity contribution in [2.75, 3.05) is 38.5 Å². The number of rotatable bonds is 3. The molecule has 1 unspecified atom stereocenters. The predicted octanol–water partition coefficient (Wildman–Crippen LogP) is 0.945. The minimum absolute atomic E-state index is 0.0736. The number of nitrogens with two attached hydrogens (primary N) is 1. The van der Waals surface area contributed by atoms with Gasteiger partial charge < -0.3 is 15.4 Å². The summed E-state index contributed by atoms with van der Waals surface area (Å²) in [6.07, 6.45) is 0.110. The minimum atomic E-state index is 0.0736. The molecule has 20 heavy (non-hydrogen) atoms. The van der Waals surface area contributed by atoms with Gasteiger partial charge in [-0.25, -0.2) is 0 Å². The van der Waals surface area contributed by atoms with Gasteiger partial charge >= 0.3 is 0 Å². The minimum Gasteiger partial charge on any atom is -0.399 e. The molecule has 1 atom stereocenters. The van der Waals surface area contributed by atoms with Gasteiger partial charge in [0.1, 0.15) is 0 Å². The zero-order chi connectivity index (χ0) is 14.1. The quantitative estimate of drug-likeness (QED) is 0.834. The molecule has 1 amide bonds. The summed E-state index contributed by atoms with van der Waals surface area (Å²) < 4.78 is 5.78. The zero-order valence-electron chi connectivity index (χ0n) is 11.8. The highest BCUT2D eigenvalue weighted by Gasteiger charge is 2.30. The number of hydrogen-bond acceptors (Lipinski definition) is 4. The standard InChI is InChI=1S/C15H21N3O2/c1-2-17-5-6-20-13(9-17)10-18-8-11-3-4-12(16)7-14(11)15(18)19/h3-4,7,13H,2,5-6,8-10,16H2,1H3. The van der Waals surface area contributed by atoms with E-state index in [9.17, 15) is 4.79 Å². The van der Waals surface area contributed by atoms with Crippen molar-refractivity contribution in [2.24, 2.45) is 0 Å². The fraction of sp³-hybridized carbons (Fsp3) is 0.533. The second-order valence-electron chi connectivity index (χ2n) is 5.49. The molecule has 0 radical (unpaired) electrons. The van der Waals surface area contributed by atoms with Crippen molar-refractivity contribution in [1.82, 2.24) is 9.80 Å². The molecule has 0 aromatic heterocycles. The van der Waals surface area contributed by atoms with Crippen molar-refractivity contribution < 1.29 is 9.53 Å². The Bertz CT molecular complexity index is 518. The topological polar surface area (TPSA) is 58.8 Å². The third kappa shape index (κ3) is 2.51. The van der Waals surface area contributed by atoms with Crippen LogP contribution in [-0.4, -0.2) is 54.6 Å². The van der Waals surface area contributed by atoms with Gasteiger partial charge in [-0.05, 0) is 24.2 Å². The number of anilines is 1. The van der Waals surface area contributed by atoms with E-state index in [0.717, 1.165) is 37.4 Å². The number of morpholine rings is 1. The van der Waals surface area contributed by atoms with E-state index in [1.807, 2.05) is 17.0 Å². The van der Waals surface area contributed by atoms with E-state index >= 15 is 0 Å². The molecule has 1 aromatic carbocycles. The molecule has 5 nitrogen and oxygen atoms in total. The first-order valence-electron chi connectivity index (χ1n) is 7.19. The lowest BCUT2D eigenvalue weighted by Crippen LogP contribution is -2.47. The Morgan fingerprint density at radius 1 is 1.45 bits per heavy atom. The Morgan fingerprint density at radius 2 is 2.30 bits per heavy atom. The normalized spacial score (nSPS) is 23.1. The molecule has 2 aliphatic heterocycles. The summed E-state index contributed by atoms with van der Waals surface area (Å²) >= 11 is 0. The van der Waals surface area contributed by atoms with Crippen molar-refractivity contribution in [2.45, 2.75) is 19.6 Å². The summed E-state index contributed by atoms with van der Waals surface area (Å²) in [6, 6.07) is 5.58. The molecule has 2 N–H and O–H groups in total. The second kappa shape index (κ2) is 5.42. The molecule has 0 aliphatic carbocycles. The van der Waals surface area contributed by atoms with Gasteiger partial charge in [-0.2, -0.15) is 0 Å². The smallest absolute Gasteiger partial charge is 0.254 e. The maximum atomic E-state index is 12.4. The summed E-state index contributed by atoms with van der Waals surface area (Å²) in [6.45, 7) is 7.15. The summed E-state index contributed by atoms with van der Waals surface area (Å²) in [5.74, 6) is 0.0736. The molecule has 0 saturated carbocycles. The van der Waals surface area contributed by atoms with E-state index < -0.39 is 0 Å². The molecule has 5 heteroatoms. The van der Waals surface area contributed by atoms with Gasteiger partial charge in [0.25, 0.3) is 5.91 Å². The molecule has 0 spiro atoms. The fourth-order valence-electron chi connectivity index (χ4n) is 2.95.